The molecule has 0 aromatic heterocycles. The number of hydrogen-bond acceptors (Lipinski definition) is 3. The molecule has 0 unspecified atom stereocenters. The molecule has 0 radical (unpaired) electrons. The fraction of sp³-hybridized carbons (Fsp3) is 0.286. The van der Waals surface area contributed by atoms with E-state index in [9.17, 15) is 14.0 Å². The minimum absolute atomic E-state index is 0.0323. The van der Waals surface area contributed by atoms with Crippen molar-refractivity contribution in [2.75, 3.05) is 6.61 Å². The molecule has 8 heteroatoms. The van der Waals surface area contributed by atoms with Crippen LogP contribution in [-0.4, -0.2) is 34.9 Å². The first kappa shape index (κ1) is 27.5. The molecule has 3 aromatic carbocycles. The van der Waals surface area contributed by atoms with Crippen LogP contribution in [0.25, 0.3) is 0 Å². The van der Waals surface area contributed by atoms with Crippen molar-refractivity contribution in [1.82, 2.24) is 10.2 Å². The first-order valence-electron chi connectivity index (χ1n) is 11.5. The number of para-hydroxylation sites is 1. The molecule has 3 rings (SSSR count). The van der Waals surface area contributed by atoms with Gasteiger partial charge in [-0.2, -0.15) is 0 Å². The second kappa shape index (κ2) is 12.2. The van der Waals surface area contributed by atoms with Gasteiger partial charge in [0, 0.05) is 28.5 Å². The van der Waals surface area contributed by atoms with Crippen molar-refractivity contribution >= 4 is 35.0 Å². The van der Waals surface area contributed by atoms with E-state index in [0.29, 0.717) is 15.6 Å². The number of hydrogen-bond donors (Lipinski definition) is 1. The van der Waals surface area contributed by atoms with E-state index in [2.05, 4.69) is 5.32 Å². The van der Waals surface area contributed by atoms with Gasteiger partial charge in [0.1, 0.15) is 6.04 Å². The van der Waals surface area contributed by atoms with Crippen molar-refractivity contribution in [2.45, 2.75) is 45.3 Å². The molecule has 2 amide bonds. The van der Waals surface area contributed by atoms with Crippen molar-refractivity contribution < 1.29 is 18.7 Å². The van der Waals surface area contributed by atoms with Crippen LogP contribution >= 0.6 is 23.2 Å². The fourth-order valence-corrected chi connectivity index (χ4v) is 4.09. The molecule has 0 saturated heterocycles. The summed E-state index contributed by atoms with van der Waals surface area (Å²) in [6, 6.07) is 19.3. The molecule has 36 heavy (non-hydrogen) atoms. The Hall–Kier alpha value is -3.09. The normalized spacial score (nSPS) is 12.1. The zero-order chi connectivity index (χ0) is 26.3. The zero-order valence-corrected chi connectivity index (χ0v) is 21.9. The van der Waals surface area contributed by atoms with Crippen LogP contribution in [0.1, 0.15) is 31.9 Å². The highest BCUT2D eigenvalue weighted by Crippen LogP contribution is 2.25. The van der Waals surface area contributed by atoms with Crippen molar-refractivity contribution in [3.63, 3.8) is 0 Å². The third-order valence-corrected chi connectivity index (χ3v) is 5.90. The minimum Gasteiger partial charge on any atom is -0.481 e. The number of ether oxygens (including phenoxy) is 1. The monoisotopic (exact) mass is 530 g/mol. The standard InChI is InChI=1S/C28H29Cl2FN2O3/c1-28(2,3)32-27(35)24(15-19-9-5-4-6-10-19)33(17-20-13-14-21(29)16-22(20)30)26(34)18-36-25-12-8-7-11-23(25)31/h4-14,16,24H,15,17-18H2,1-3H3,(H,32,35)/t24-/m1/s1. The molecule has 3 aromatic rings. The number of halogens is 3. The fourth-order valence-electron chi connectivity index (χ4n) is 3.62. The van der Waals surface area contributed by atoms with Gasteiger partial charge in [0.05, 0.1) is 0 Å². The van der Waals surface area contributed by atoms with Gasteiger partial charge in [-0.3, -0.25) is 9.59 Å². The summed E-state index contributed by atoms with van der Waals surface area (Å²) in [7, 11) is 0. The maximum absolute atomic E-state index is 14.1. The topological polar surface area (TPSA) is 58.6 Å². The number of rotatable bonds is 9. The van der Waals surface area contributed by atoms with Crippen LogP contribution < -0.4 is 10.1 Å². The number of nitrogens with one attached hydrogen (secondary N) is 1. The summed E-state index contributed by atoms with van der Waals surface area (Å²) in [5.41, 5.74) is 0.964. The summed E-state index contributed by atoms with van der Waals surface area (Å²) in [5.74, 6) is -1.44. The number of benzene rings is 3. The number of amides is 2. The van der Waals surface area contributed by atoms with E-state index >= 15 is 0 Å². The van der Waals surface area contributed by atoms with Crippen molar-refractivity contribution in [3.8, 4) is 5.75 Å². The third kappa shape index (κ3) is 7.97. The van der Waals surface area contributed by atoms with Gasteiger partial charge in [0.15, 0.2) is 18.2 Å². The third-order valence-electron chi connectivity index (χ3n) is 5.31. The van der Waals surface area contributed by atoms with Crippen LogP contribution in [0.2, 0.25) is 10.0 Å². The van der Waals surface area contributed by atoms with E-state index in [1.54, 1.807) is 24.3 Å². The first-order valence-corrected chi connectivity index (χ1v) is 12.3. The van der Waals surface area contributed by atoms with Gasteiger partial charge in [-0.05, 0) is 56.2 Å². The van der Waals surface area contributed by atoms with Crippen LogP contribution in [0.15, 0.2) is 72.8 Å². The summed E-state index contributed by atoms with van der Waals surface area (Å²) >= 11 is 12.5. The van der Waals surface area contributed by atoms with Gasteiger partial charge in [0.2, 0.25) is 5.91 Å². The highest BCUT2D eigenvalue weighted by Gasteiger charge is 2.33. The van der Waals surface area contributed by atoms with Crippen molar-refractivity contribution in [1.29, 1.82) is 0 Å². The van der Waals surface area contributed by atoms with Gasteiger partial charge in [-0.25, -0.2) is 4.39 Å². The quantitative estimate of drug-likeness (QED) is 0.365. The lowest BCUT2D eigenvalue weighted by Crippen LogP contribution is -2.55. The Morgan fingerprint density at radius 3 is 2.31 bits per heavy atom. The van der Waals surface area contributed by atoms with Crippen LogP contribution in [0, 0.1) is 5.82 Å². The van der Waals surface area contributed by atoms with Crippen LogP contribution in [0.5, 0.6) is 5.75 Å². The van der Waals surface area contributed by atoms with E-state index in [4.69, 9.17) is 27.9 Å². The molecular weight excluding hydrogens is 502 g/mol. The lowest BCUT2D eigenvalue weighted by molar-refractivity contribution is -0.143. The molecule has 0 saturated carbocycles. The zero-order valence-electron chi connectivity index (χ0n) is 20.4. The van der Waals surface area contributed by atoms with Crippen LogP contribution in [-0.2, 0) is 22.6 Å². The Kier molecular flexibility index (Phi) is 9.35. The molecule has 0 aliphatic rings. The summed E-state index contributed by atoms with van der Waals surface area (Å²) in [6.45, 7) is 5.18. The molecule has 0 bridgehead atoms. The molecule has 190 valence electrons. The van der Waals surface area contributed by atoms with Crippen molar-refractivity contribution in [3.05, 3.63) is 99.8 Å². The highest BCUT2D eigenvalue weighted by atomic mass is 35.5. The van der Waals surface area contributed by atoms with E-state index in [-0.39, 0.29) is 24.6 Å². The second-order valence-corrected chi connectivity index (χ2v) is 10.3. The molecule has 0 heterocycles. The maximum Gasteiger partial charge on any atom is 0.261 e. The van der Waals surface area contributed by atoms with Crippen molar-refractivity contribution in [2.24, 2.45) is 0 Å². The van der Waals surface area contributed by atoms with E-state index < -0.39 is 29.9 Å². The van der Waals surface area contributed by atoms with Gasteiger partial charge in [-0.1, -0.05) is 71.7 Å². The smallest absolute Gasteiger partial charge is 0.261 e. The van der Waals surface area contributed by atoms with Crippen LogP contribution in [0.4, 0.5) is 4.39 Å². The number of carbonyl (C=O) groups is 2. The summed E-state index contributed by atoms with van der Waals surface area (Å²) < 4.78 is 19.6. The Balaban J connectivity index is 1.97. The SMILES string of the molecule is CC(C)(C)NC(=O)[C@@H](Cc1ccccc1)N(Cc1ccc(Cl)cc1Cl)C(=O)COc1ccccc1F. The Labute approximate surface area is 221 Å². The number of nitrogens with zero attached hydrogens (tertiary/aromatic N) is 1. The predicted molar refractivity (Wildman–Crippen MR) is 141 cm³/mol. The molecule has 0 aliphatic carbocycles. The molecule has 1 N–H and O–H groups in total. The molecule has 5 nitrogen and oxygen atoms in total. The van der Waals surface area contributed by atoms with Crippen LogP contribution in [0.3, 0.4) is 0 Å². The Bertz CT molecular complexity index is 1200. The molecular formula is C28H29Cl2FN2O3. The first-order chi connectivity index (χ1) is 17.0. The van der Waals surface area contributed by atoms with E-state index in [1.165, 1.54) is 23.1 Å². The maximum atomic E-state index is 14.1. The molecule has 0 spiro atoms. The second-order valence-electron chi connectivity index (χ2n) is 9.42. The molecule has 1 atom stereocenters. The van der Waals surface area contributed by atoms with Gasteiger partial charge in [-0.15, -0.1) is 0 Å². The van der Waals surface area contributed by atoms with E-state index in [1.807, 2.05) is 51.1 Å². The summed E-state index contributed by atoms with van der Waals surface area (Å²) in [5, 5.41) is 3.80. The Morgan fingerprint density at radius 1 is 1.00 bits per heavy atom. The molecule has 0 aliphatic heterocycles. The lowest BCUT2D eigenvalue weighted by Gasteiger charge is -2.34. The summed E-state index contributed by atoms with van der Waals surface area (Å²) in [6.07, 6.45) is 0.263. The average Bonchev–Trinajstić information content (AvgIpc) is 2.81. The lowest BCUT2D eigenvalue weighted by atomic mass is 10.0. The number of carbonyl (C=O) groups excluding carboxylic acids is 2. The van der Waals surface area contributed by atoms with Gasteiger partial charge < -0.3 is 15.0 Å². The average molecular weight is 531 g/mol. The largest absolute Gasteiger partial charge is 0.481 e. The molecule has 0 fully saturated rings. The minimum atomic E-state index is -0.880. The van der Waals surface area contributed by atoms with Gasteiger partial charge >= 0.3 is 0 Å². The predicted octanol–water partition coefficient (Wildman–Crippen LogP) is 6.07. The summed E-state index contributed by atoms with van der Waals surface area (Å²) in [4.78, 5) is 28.5. The van der Waals surface area contributed by atoms with E-state index in [0.717, 1.165) is 5.56 Å². The highest BCUT2D eigenvalue weighted by molar-refractivity contribution is 6.35. The van der Waals surface area contributed by atoms with Gasteiger partial charge in [0.25, 0.3) is 5.91 Å². The Morgan fingerprint density at radius 2 is 1.67 bits per heavy atom.